The van der Waals surface area contributed by atoms with Crippen LogP contribution < -0.4 is 62.0 Å². The zero-order valence-electron chi connectivity index (χ0n) is 68.7. The summed E-state index contributed by atoms with van der Waals surface area (Å²) in [6, 6.07) is 26.4. The number of nitrogens with one attached hydrogen (secondary N) is 10. The Kier molecular flexibility index (Phi) is 29.9. The lowest BCUT2D eigenvalue weighted by molar-refractivity contribution is -0.145. The van der Waals surface area contributed by atoms with Crippen LogP contribution in [-0.4, -0.2) is 210 Å². The van der Waals surface area contributed by atoms with E-state index in [-0.39, 0.29) is 89.6 Å². The summed E-state index contributed by atoms with van der Waals surface area (Å²) < 4.78 is 43.5. The van der Waals surface area contributed by atoms with Gasteiger partial charge >= 0.3 is 5.97 Å². The minimum absolute atomic E-state index is 0.00898. The third kappa shape index (κ3) is 24.2. The summed E-state index contributed by atoms with van der Waals surface area (Å²) in [4.78, 5) is 161. The van der Waals surface area contributed by atoms with Gasteiger partial charge in [-0.2, -0.15) is 0 Å². The number of carbonyl (C=O) groups excluding carboxylic acids is 10. The van der Waals surface area contributed by atoms with Crippen LogP contribution in [0.1, 0.15) is 135 Å². The highest BCUT2D eigenvalue weighted by Crippen LogP contribution is 2.35. The third-order valence-electron chi connectivity index (χ3n) is 21.9. The van der Waals surface area contributed by atoms with Crippen LogP contribution in [0.2, 0.25) is 0 Å². The third-order valence-corrected chi connectivity index (χ3v) is 23.2. The highest BCUT2D eigenvalue weighted by Gasteiger charge is 2.49. The first kappa shape index (κ1) is 89.0. The first-order chi connectivity index (χ1) is 56.0. The van der Waals surface area contributed by atoms with E-state index in [4.69, 9.17) is 9.47 Å². The monoisotopic (exact) mass is 1640 g/mol. The van der Waals surface area contributed by atoms with Gasteiger partial charge in [-0.3, -0.25) is 52.7 Å². The van der Waals surface area contributed by atoms with Crippen molar-refractivity contribution in [3.8, 4) is 11.5 Å². The molecule has 11 N–H and O–H groups in total. The average Bonchev–Trinajstić information content (AvgIpc) is 1.63. The van der Waals surface area contributed by atoms with Crippen molar-refractivity contribution in [3.63, 3.8) is 0 Å². The van der Waals surface area contributed by atoms with Crippen molar-refractivity contribution in [1.29, 1.82) is 0 Å². The molecule has 1 aromatic heterocycles. The molecule has 632 valence electrons. The van der Waals surface area contributed by atoms with Gasteiger partial charge < -0.3 is 72.2 Å². The smallest absolute Gasteiger partial charge is 0.326 e. The van der Waals surface area contributed by atoms with Crippen LogP contribution in [0.3, 0.4) is 0 Å². The Balaban J connectivity index is 0.993. The second-order valence-corrected chi connectivity index (χ2v) is 35.0. The molecule has 10 bridgehead atoms. The molecule has 2 fully saturated rings. The number of amides is 10. The number of likely N-dealkylation sites (tertiary alicyclic amines) is 2. The van der Waals surface area contributed by atoms with Gasteiger partial charge in [0, 0.05) is 58.7 Å². The minimum Gasteiger partial charge on any atom is -0.494 e. The lowest BCUT2D eigenvalue weighted by Gasteiger charge is -2.36. The van der Waals surface area contributed by atoms with Gasteiger partial charge in [-0.15, -0.1) is 5.10 Å². The van der Waals surface area contributed by atoms with Crippen molar-refractivity contribution in [1.82, 2.24) is 77.4 Å². The molecule has 0 aliphatic carbocycles. The van der Waals surface area contributed by atoms with Gasteiger partial charge in [0.05, 0.1) is 36.7 Å². The maximum Gasteiger partial charge on any atom is 0.326 e. The Bertz CT molecular complexity index is 4890. The molecular formula is C86H111N15O16S. The van der Waals surface area contributed by atoms with Crippen molar-refractivity contribution >= 4 is 96.6 Å². The Hall–Kier alpha value is -11.4. The van der Waals surface area contributed by atoms with Crippen LogP contribution in [0, 0.1) is 16.7 Å². The Labute approximate surface area is 687 Å². The highest BCUT2D eigenvalue weighted by molar-refractivity contribution is 7.90. The molecule has 6 aromatic carbocycles. The number of carboxylic acid groups (broad SMARTS) is 1. The number of rotatable bonds is 19. The number of aliphatic carboxylic acids is 1. The fourth-order valence-electron chi connectivity index (χ4n) is 14.8. The number of aromatic nitrogens is 3. The van der Waals surface area contributed by atoms with Crippen molar-refractivity contribution in [2.45, 2.75) is 200 Å². The van der Waals surface area contributed by atoms with Crippen LogP contribution in [0.25, 0.3) is 21.5 Å². The average molecular weight is 1640 g/mol. The maximum atomic E-state index is 15.5. The molecule has 0 radical (unpaired) electrons. The second kappa shape index (κ2) is 39.7. The van der Waals surface area contributed by atoms with E-state index in [1.807, 2.05) is 99.6 Å². The molecule has 0 spiro atoms. The number of ether oxygens (including phenoxy) is 2. The summed E-state index contributed by atoms with van der Waals surface area (Å²) in [5.74, 6) is -8.11. The van der Waals surface area contributed by atoms with E-state index >= 15 is 24.0 Å². The number of fused-ring (bicyclic) bond motifs is 2. The van der Waals surface area contributed by atoms with Gasteiger partial charge in [0.2, 0.25) is 63.2 Å². The topological polar surface area (TPSA) is 418 Å². The summed E-state index contributed by atoms with van der Waals surface area (Å²) in [7, 11) is -1.18. The Morgan fingerprint density at radius 2 is 1.08 bits per heavy atom. The molecule has 7 aromatic rings. The van der Waals surface area contributed by atoms with E-state index in [2.05, 4.69) is 62.9 Å². The predicted molar refractivity (Wildman–Crippen MR) is 442 cm³/mol. The van der Waals surface area contributed by atoms with Crippen LogP contribution >= 0.6 is 0 Å². The van der Waals surface area contributed by atoms with Crippen molar-refractivity contribution in [2.24, 2.45) is 16.7 Å². The largest absolute Gasteiger partial charge is 0.494 e. The minimum atomic E-state index is -4.40. The van der Waals surface area contributed by atoms with Crippen LogP contribution in [0.15, 0.2) is 140 Å². The first-order valence-electron chi connectivity index (χ1n) is 40.1. The molecular weight excluding hydrogens is 1530 g/mol. The van der Waals surface area contributed by atoms with E-state index in [0.29, 0.717) is 58.7 Å². The maximum absolute atomic E-state index is 15.5. The lowest BCUT2D eigenvalue weighted by atomic mass is 9.85. The van der Waals surface area contributed by atoms with Gasteiger partial charge in [0.1, 0.15) is 72.1 Å². The van der Waals surface area contributed by atoms with Crippen molar-refractivity contribution in [3.05, 3.63) is 168 Å². The predicted octanol–water partition coefficient (Wildman–Crippen LogP) is 4.63. The first-order valence-corrected chi connectivity index (χ1v) is 41.8. The highest BCUT2D eigenvalue weighted by atomic mass is 32.2. The molecule has 0 saturated carbocycles. The van der Waals surface area contributed by atoms with Crippen molar-refractivity contribution in [2.75, 3.05) is 46.1 Å². The number of sulfonamides is 1. The van der Waals surface area contributed by atoms with E-state index in [0.717, 1.165) is 21.5 Å². The van der Waals surface area contributed by atoms with Gasteiger partial charge in [-0.05, 0) is 145 Å². The molecule has 118 heavy (non-hydrogen) atoms. The Morgan fingerprint density at radius 3 is 1.58 bits per heavy atom. The van der Waals surface area contributed by atoms with E-state index in [9.17, 15) is 42.3 Å². The molecule has 12 unspecified atom stereocenters. The molecule has 6 aliphatic rings. The van der Waals surface area contributed by atoms with Gasteiger partial charge in [0.25, 0.3) is 5.91 Å². The molecule has 2 saturated heterocycles. The molecule has 32 heteroatoms. The number of hydrogen-bond acceptors (Lipinski definition) is 19. The fourth-order valence-corrected chi connectivity index (χ4v) is 15.9. The van der Waals surface area contributed by atoms with E-state index < -0.39 is 152 Å². The zero-order valence-corrected chi connectivity index (χ0v) is 69.6. The molecule has 7 heterocycles. The summed E-state index contributed by atoms with van der Waals surface area (Å²) in [5.41, 5.74) is 0.721. The summed E-state index contributed by atoms with van der Waals surface area (Å²) in [6.45, 7) is 15.3. The van der Waals surface area contributed by atoms with Gasteiger partial charge in [-0.1, -0.05) is 156 Å². The number of benzene rings is 6. The molecule has 10 amide bonds. The number of likely N-dealkylation sites (N-methyl/N-ethyl adjacent to an activating group) is 2. The van der Waals surface area contributed by atoms with Crippen LogP contribution in [0.5, 0.6) is 11.5 Å². The summed E-state index contributed by atoms with van der Waals surface area (Å²) >= 11 is 0. The number of hydrogen-bond donors (Lipinski definition) is 11. The lowest BCUT2D eigenvalue weighted by Crippen LogP contribution is -2.61. The fraction of sp³-hybridized carbons (Fsp3) is 0.477. The second-order valence-electron chi connectivity index (χ2n) is 33.1. The van der Waals surface area contributed by atoms with E-state index in [1.165, 1.54) is 21.4 Å². The Morgan fingerprint density at radius 1 is 0.593 bits per heavy atom. The standard InChI is InChI=1S/C86H111N15O16S/c1-51(87-10)75(103)94-73(85(4,5)6)82(110)99-47-58-19-16-17-37-116-65-32-26-54(27-33-65)41-69(79(107)97-118(114,115)38-18-36-89-53(3)102)90-77(105)67(43-56-24-30-59-20-12-14-22-61(59)39-56)92-81(109)72-46-64(49-100(72)83(111)74(86(7,8)9)95-76(104)52(2)88-11)101-48-63(96-98-101)50-117-66-34-28-55(29-35-66)42-70(84(112)113)93-78(106)68(91-80(108)71(99)45-58)44-57-25-31-60-21-13-15-23-62(60)40-57/h12-15,20-35,39-40,48,51-52,58,64,67-74,87-88H,16-19,36-38,41-47,49-50H2,1-11H3,(H,89,102)(H,90,105)(H,91,108)(H,92,109)(H,93,106)(H,94,103)(H,95,104)(H,97,107)(H,112,113). The number of nitrogens with zero attached hydrogens (tertiary/aromatic N) is 5. The van der Waals surface area contributed by atoms with Crippen LogP contribution in [0.4, 0.5) is 0 Å². The zero-order chi connectivity index (χ0) is 85.3. The normalized spacial score (nSPS) is 21.3. The molecule has 13 rings (SSSR count). The quantitative estimate of drug-likeness (QED) is 0.0492. The van der Waals surface area contributed by atoms with Gasteiger partial charge in [-0.25, -0.2) is 17.9 Å². The SMILES string of the molecule is CNC(C)C(=O)NC(C(=O)N1CC2CCCCOc3ccc(cc3)CC(C(=O)NS(=O)(=O)CCCNC(C)=O)NC(=O)C(Cc3ccc4ccccc4c3)NC(=O)C3CC(CN3C(=O)C(NC(=O)C(C)NC)C(C)(C)C)n3cc(nn3)COc3ccc(cc3)CC(C(=O)O)NC(=O)C(Cc3ccc4ccccc4c3)NC(=O)C1C2)C(C)(C)C. The van der Waals surface area contributed by atoms with E-state index in [1.54, 1.807) is 110 Å². The summed E-state index contributed by atoms with van der Waals surface area (Å²) in [5, 5.41) is 48.6. The van der Waals surface area contributed by atoms with Gasteiger partial charge in [0.15, 0.2) is 0 Å². The van der Waals surface area contributed by atoms with Crippen molar-refractivity contribution < 1.29 is 75.7 Å². The molecule has 31 nitrogen and oxygen atoms in total. The number of carbonyl (C=O) groups is 11. The molecule has 12 atom stereocenters. The molecule has 6 aliphatic heterocycles. The number of carboxylic acids is 1. The van der Waals surface area contributed by atoms with Crippen LogP contribution in [-0.2, 0) is 95.1 Å². The summed E-state index contributed by atoms with van der Waals surface area (Å²) in [6.07, 6.45) is 2.45.